The van der Waals surface area contributed by atoms with Crippen molar-refractivity contribution in [3.05, 3.63) is 99.2 Å². The molecule has 0 N–H and O–H groups in total. The summed E-state index contributed by atoms with van der Waals surface area (Å²) in [6.07, 6.45) is 1.60. The van der Waals surface area contributed by atoms with Gasteiger partial charge in [-0.3, -0.25) is 0 Å². The van der Waals surface area contributed by atoms with Gasteiger partial charge in [0.1, 0.15) is 0 Å². The van der Waals surface area contributed by atoms with Crippen LogP contribution in [0.15, 0.2) is 81.9 Å². The van der Waals surface area contributed by atoms with E-state index in [-0.39, 0.29) is 17.3 Å². The first-order valence-electron chi connectivity index (χ1n) is 10.3. The zero-order valence-corrected chi connectivity index (χ0v) is 19.6. The van der Waals surface area contributed by atoms with Gasteiger partial charge in [-0.25, -0.2) is 14.6 Å². The molecule has 0 spiro atoms. The van der Waals surface area contributed by atoms with Crippen LogP contribution in [0.1, 0.15) is 34.0 Å². The van der Waals surface area contributed by atoms with Crippen molar-refractivity contribution in [3.63, 3.8) is 0 Å². The summed E-state index contributed by atoms with van der Waals surface area (Å²) in [6, 6.07) is 19.5. The minimum Gasteiger partial charge on any atom is -0.490 e. The highest BCUT2D eigenvalue weighted by Crippen LogP contribution is 2.31. The normalized spacial score (nSPS) is 14.1. The largest absolute Gasteiger partial charge is 0.490 e. The highest BCUT2D eigenvalue weighted by molar-refractivity contribution is 9.10. The SMILES string of the molecule is CCOc1cc(/C=C2\N=C(c3cccc(Br)c3)OC2=O)ccc1OC(=O)c1cccc(C)c1. The predicted octanol–water partition coefficient (Wildman–Crippen LogP) is 5.72. The van der Waals surface area contributed by atoms with E-state index in [1.54, 1.807) is 42.5 Å². The lowest BCUT2D eigenvalue weighted by atomic mass is 10.1. The van der Waals surface area contributed by atoms with Crippen molar-refractivity contribution in [2.45, 2.75) is 13.8 Å². The second-order valence-electron chi connectivity index (χ2n) is 7.24. The molecule has 1 aliphatic heterocycles. The zero-order chi connectivity index (χ0) is 23.4. The van der Waals surface area contributed by atoms with E-state index in [1.165, 1.54) is 0 Å². The van der Waals surface area contributed by atoms with Crippen LogP contribution in [0.2, 0.25) is 0 Å². The number of benzene rings is 3. The maximum atomic E-state index is 12.6. The molecule has 1 heterocycles. The third kappa shape index (κ3) is 5.38. The fourth-order valence-corrected chi connectivity index (χ4v) is 3.61. The molecule has 7 heteroatoms. The number of nitrogens with zero attached hydrogens (tertiary/aromatic N) is 1. The molecule has 0 aliphatic carbocycles. The average molecular weight is 506 g/mol. The molecule has 33 heavy (non-hydrogen) atoms. The Morgan fingerprint density at radius 3 is 2.64 bits per heavy atom. The number of rotatable bonds is 6. The molecule has 3 aromatic rings. The molecule has 0 radical (unpaired) electrons. The van der Waals surface area contributed by atoms with E-state index in [0.29, 0.717) is 29.0 Å². The van der Waals surface area contributed by atoms with Crippen LogP contribution < -0.4 is 9.47 Å². The molecule has 4 rings (SSSR count). The van der Waals surface area contributed by atoms with E-state index in [1.807, 2.05) is 44.2 Å². The Balaban J connectivity index is 1.60. The lowest BCUT2D eigenvalue weighted by molar-refractivity contribution is -0.129. The number of carbonyl (C=O) groups excluding carboxylic acids is 2. The molecular formula is C26H20BrNO5. The summed E-state index contributed by atoms with van der Waals surface area (Å²) in [5.41, 5.74) is 2.92. The van der Waals surface area contributed by atoms with Gasteiger partial charge in [-0.1, -0.05) is 45.8 Å². The summed E-state index contributed by atoms with van der Waals surface area (Å²) in [5.74, 6) is -0.110. The van der Waals surface area contributed by atoms with Gasteiger partial charge in [-0.15, -0.1) is 0 Å². The Kier molecular flexibility index (Phi) is 6.70. The minimum atomic E-state index is -0.544. The minimum absolute atomic E-state index is 0.164. The summed E-state index contributed by atoms with van der Waals surface area (Å²) in [7, 11) is 0. The van der Waals surface area contributed by atoms with E-state index in [2.05, 4.69) is 20.9 Å². The first-order chi connectivity index (χ1) is 15.9. The van der Waals surface area contributed by atoms with Gasteiger partial charge in [0.15, 0.2) is 17.2 Å². The van der Waals surface area contributed by atoms with E-state index in [9.17, 15) is 9.59 Å². The summed E-state index contributed by atoms with van der Waals surface area (Å²) in [5, 5.41) is 0. The first kappa shape index (κ1) is 22.5. The van der Waals surface area contributed by atoms with Gasteiger partial charge < -0.3 is 14.2 Å². The third-order valence-electron chi connectivity index (χ3n) is 4.72. The zero-order valence-electron chi connectivity index (χ0n) is 18.0. The van der Waals surface area contributed by atoms with Gasteiger partial charge >= 0.3 is 11.9 Å². The van der Waals surface area contributed by atoms with Crippen molar-refractivity contribution in [1.82, 2.24) is 0 Å². The van der Waals surface area contributed by atoms with E-state index in [0.717, 1.165) is 10.0 Å². The fourth-order valence-electron chi connectivity index (χ4n) is 3.21. The second kappa shape index (κ2) is 9.83. The molecule has 0 fully saturated rings. The molecule has 0 aromatic heterocycles. The average Bonchev–Trinajstić information content (AvgIpc) is 3.16. The molecule has 0 saturated heterocycles. The van der Waals surface area contributed by atoms with Gasteiger partial charge in [0.2, 0.25) is 5.90 Å². The van der Waals surface area contributed by atoms with Crippen molar-refractivity contribution in [2.24, 2.45) is 4.99 Å². The van der Waals surface area contributed by atoms with Gasteiger partial charge in [-0.2, -0.15) is 0 Å². The lowest BCUT2D eigenvalue weighted by Gasteiger charge is -2.11. The Hall–Kier alpha value is -3.71. The molecule has 6 nitrogen and oxygen atoms in total. The maximum Gasteiger partial charge on any atom is 0.363 e. The maximum absolute atomic E-state index is 12.6. The number of cyclic esters (lactones) is 1. The van der Waals surface area contributed by atoms with Crippen LogP contribution in [0.3, 0.4) is 0 Å². The Morgan fingerprint density at radius 1 is 1.06 bits per heavy atom. The standard InChI is InChI=1S/C26H20BrNO5/c1-3-31-23-14-17(10-11-22(23)32-25(29)19-8-4-6-16(2)12-19)13-21-26(30)33-24(28-21)18-7-5-9-20(27)15-18/h4-15H,3H2,1-2H3/b21-13-. The van der Waals surface area contributed by atoms with Gasteiger partial charge in [0.25, 0.3) is 0 Å². The summed E-state index contributed by atoms with van der Waals surface area (Å²) < 4.78 is 17.4. The van der Waals surface area contributed by atoms with E-state index in [4.69, 9.17) is 14.2 Å². The van der Waals surface area contributed by atoms with Crippen molar-refractivity contribution < 1.29 is 23.8 Å². The van der Waals surface area contributed by atoms with Crippen molar-refractivity contribution in [2.75, 3.05) is 6.61 Å². The highest BCUT2D eigenvalue weighted by atomic mass is 79.9. The smallest absolute Gasteiger partial charge is 0.363 e. The third-order valence-corrected chi connectivity index (χ3v) is 5.21. The summed E-state index contributed by atoms with van der Waals surface area (Å²) in [4.78, 5) is 29.2. The second-order valence-corrected chi connectivity index (χ2v) is 8.16. The van der Waals surface area contributed by atoms with E-state index < -0.39 is 11.9 Å². The number of aryl methyl sites for hydroxylation is 1. The van der Waals surface area contributed by atoms with Crippen LogP contribution in [0.5, 0.6) is 11.5 Å². The van der Waals surface area contributed by atoms with Crippen molar-refractivity contribution in [1.29, 1.82) is 0 Å². The number of hydrogen-bond donors (Lipinski definition) is 0. The monoisotopic (exact) mass is 505 g/mol. The number of carbonyl (C=O) groups is 2. The molecule has 0 amide bonds. The number of aliphatic imine (C=N–C) groups is 1. The fraction of sp³-hybridized carbons (Fsp3) is 0.115. The highest BCUT2D eigenvalue weighted by Gasteiger charge is 2.24. The Labute approximate surface area is 199 Å². The molecule has 166 valence electrons. The van der Waals surface area contributed by atoms with Crippen LogP contribution >= 0.6 is 15.9 Å². The molecule has 0 bridgehead atoms. The van der Waals surface area contributed by atoms with Crippen LogP contribution in [0.4, 0.5) is 0 Å². The van der Waals surface area contributed by atoms with Crippen molar-refractivity contribution in [3.8, 4) is 11.5 Å². The number of esters is 2. The van der Waals surface area contributed by atoms with Crippen LogP contribution in [-0.4, -0.2) is 24.4 Å². The van der Waals surface area contributed by atoms with Gasteiger partial charge in [0.05, 0.1) is 12.2 Å². The molecule has 1 aliphatic rings. The summed E-state index contributed by atoms with van der Waals surface area (Å²) in [6.45, 7) is 4.12. The lowest BCUT2D eigenvalue weighted by Crippen LogP contribution is -2.10. The number of halogens is 1. The molecule has 0 saturated carbocycles. The van der Waals surface area contributed by atoms with Crippen molar-refractivity contribution >= 4 is 39.8 Å². The first-order valence-corrected chi connectivity index (χ1v) is 11.1. The van der Waals surface area contributed by atoms with Gasteiger partial charge in [0, 0.05) is 10.0 Å². The number of hydrogen-bond acceptors (Lipinski definition) is 6. The molecule has 3 aromatic carbocycles. The molecule has 0 unspecified atom stereocenters. The quantitative estimate of drug-likeness (QED) is 0.243. The van der Waals surface area contributed by atoms with Gasteiger partial charge in [-0.05, 0) is 68.0 Å². The summed E-state index contributed by atoms with van der Waals surface area (Å²) >= 11 is 3.40. The molecule has 0 atom stereocenters. The topological polar surface area (TPSA) is 74.2 Å². The molecular weight excluding hydrogens is 486 g/mol. The van der Waals surface area contributed by atoms with Crippen LogP contribution in [0.25, 0.3) is 6.08 Å². The Bertz CT molecular complexity index is 1300. The predicted molar refractivity (Wildman–Crippen MR) is 128 cm³/mol. The van der Waals surface area contributed by atoms with E-state index >= 15 is 0 Å². The van der Waals surface area contributed by atoms with Crippen LogP contribution in [0, 0.1) is 6.92 Å². The Morgan fingerprint density at radius 2 is 1.88 bits per heavy atom. The number of ether oxygens (including phenoxy) is 3. The van der Waals surface area contributed by atoms with Crippen LogP contribution in [-0.2, 0) is 9.53 Å².